The lowest BCUT2D eigenvalue weighted by Gasteiger charge is -2.24. The van der Waals surface area contributed by atoms with Crippen LogP contribution in [0.1, 0.15) is 29.0 Å². The number of anilines is 2. The Morgan fingerprint density at radius 1 is 1.25 bits per heavy atom. The number of hydrogen-bond acceptors (Lipinski definition) is 4. The summed E-state index contributed by atoms with van der Waals surface area (Å²) >= 11 is 0. The highest BCUT2D eigenvalue weighted by Crippen LogP contribution is 2.33. The van der Waals surface area contributed by atoms with E-state index < -0.39 is 0 Å². The Kier molecular flexibility index (Phi) is 2.78. The largest absolute Gasteiger partial charge is 0.369 e. The molecule has 0 bridgehead atoms. The van der Waals surface area contributed by atoms with Gasteiger partial charge in [-0.25, -0.2) is 0 Å². The maximum Gasteiger partial charge on any atom is 0.258 e. The van der Waals surface area contributed by atoms with Gasteiger partial charge < -0.3 is 11.1 Å². The summed E-state index contributed by atoms with van der Waals surface area (Å²) < 4.78 is 0. The first-order valence-electron chi connectivity index (χ1n) is 6.30. The number of carbonyl (C=O) groups excluding carboxylic acids is 1. The first-order valence-corrected chi connectivity index (χ1v) is 6.30. The summed E-state index contributed by atoms with van der Waals surface area (Å²) in [7, 11) is 0. The minimum absolute atomic E-state index is 0.00129. The van der Waals surface area contributed by atoms with Crippen molar-refractivity contribution in [3.63, 3.8) is 0 Å². The Morgan fingerprint density at radius 2 is 1.95 bits per heavy atom. The zero-order chi connectivity index (χ0) is 14.3. The second kappa shape index (κ2) is 4.48. The van der Waals surface area contributed by atoms with Gasteiger partial charge in [0.2, 0.25) is 11.9 Å². The monoisotopic (exact) mass is 270 g/mol. The normalized spacial score (nSPS) is 17.4. The number of amides is 1. The number of aromatic amines is 1. The molecule has 2 aromatic rings. The molecular formula is C14H14N4O2. The number of nitrogens with two attached hydrogens (primary N) is 1. The molecule has 0 unspecified atom stereocenters. The molecule has 1 aliphatic heterocycles. The van der Waals surface area contributed by atoms with Crippen LogP contribution in [0.15, 0.2) is 29.1 Å². The van der Waals surface area contributed by atoms with Crippen LogP contribution in [0.2, 0.25) is 0 Å². The summed E-state index contributed by atoms with van der Waals surface area (Å²) in [5.74, 6) is -0.205. The molecule has 6 nitrogen and oxygen atoms in total. The number of benzene rings is 1. The van der Waals surface area contributed by atoms with Gasteiger partial charge in [-0.2, -0.15) is 4.98 Å². The van der Waals surface area contributed by atoms with Crippen LogP contribution in [0.4, 0.5) is 11.8 Å². The molecule has 0 saturated carbocycles. The van der Waals surface area contributed by atoms with E-state index in [0.717, 1.165) is 11.1 Å². The molecule has 1 aromatic heterocycles. The fourth-order valence-corrected chi connectivity index (χ4v) is 2.47. The molecule has 20 heavy (non-hydrogen) atoms. The van der Waals surface area contributed by atoms with Gasteiger partial charge in [0.05, 0.1) is 5.56 Å². The van der Waals surface area contributed by atoms with Crippen molar-refractivity contribution < 1.29 is 4.79 Å². The van der Waals surface area contributed by atoms with Crippen LogP contribution in [-0.4, -0.2) is 15.9 Å². The molecule has 0 saturated heterocycles. The number of aryl methyl sites for hydroxylation is 1. The second-order valence-corrected chi connectivity index (χ2v) is 4.93. The van der Waals surface area contributed by atoms with Crippen molar-refractivity contribution in [3.05, 3.63) is 51.3 Å². The van der Waals surface area contributed by atoms with Gasteiger partial charge in [0.25, 0.3) is 5.56 Å². The topological polar surface area (TPSA) is 101 Å². The molecule has 0 radical (unpaired) electrons. The Hall–Kier alpha value is -2.63. The maximum atomic E-state index is 12.1. The Bertz CT molecular complexity index is 734. The summed E-state index contributed by atoms with van der Waals surface area (Å²) in [6, 6.07) is 7.78. The van der Waals surface area contributed by atoms with Crippen molar-refractivity contribution in [1.82, 2.24) is 9.97 Å². The van der Waals surface area contributed by atoms with Crippen molar-refractivity contribution >= 4 is 17.7 Å². The number of nitrogens with zero attached hydrogens (tertiary/aromatic N) is 1. The van der Waals surface area contributed by atoms with Crippen LogP contribution in [-0.2, 0) is 4.79 Å². The fraction of sp³-hybridized carbons (Fsp3) is 0.214. The average Bonchev–Trinajstić information content (AvgIpc) is 2.37. The van der Waals surface area contributed by atoms with E-state index in [4.69, 9.17) is 5.73 Å². The summed E-state index contributed by atoms with van der Waals surface area (Å²) in [4.78, 5) is 30.4. The first kappa shape index (κ1) is 12.4. The summed E-state index contributed by atoms with van der Waals surface area (Å²) in [5.41, 5.74) is 7.71. The molecule has 0 aliphatic carbocycles. The highest BCUT2D eigenvalue weighted by molar-refractivity contribution is 5.94. The van der Waals surface area contributed by atoms with Gasteiger partial charge >= 0.3 is 0 Å². The molecule has 102 valence electrons. The zero-order valence-corrected chi connectivity index (χ0v) is 10.9. The van der Waals surface area contributed by atoms with Crippen LogP contribution in [0.25, 0.3) is 0 Å². The third kappa shape index (κ3) is 2.05. The van der Waals surface area contributed by atoms with E-state index >= 15 is 0 Å². The Balaban J connectivity index is 2.17. The molecule has 1 aliphatic rings. The van der Waals surface area contributed by atoms with Gasteiger partial charge in [-0.3, -0.25) is 14.6 Å². The third-order valence-corrected chi connectivity index (χ3v) is 3.45. The minimum Gasteiger partial charge on any atom is -0.369 e. The lowest BCUT2D eigenvalue weighted by atomic mass is 9.86. The Morgan fingerprint density at radius 3 is 2.65 bits per heavy atom. The van der Waals surface area contributed by atoms with Crippen LogP contribution >= 0.6 is 0 Å². The highest BCUT2D eigenvalue weighted by atomic mass is 16.2. The smallest absolute Gasteiger partial charge is 0.258 e. The summed E-state index contributed by atoms with van der Waals surface area (Å²) in [6.07, 6.45) is 0.227. The predicted octanol–water partition coefficient (Wildman–Crippen LogP) is 1.13. The molecule has 6 heteroatoms. The van der Waals surface area contributed by atoms with E-state index in [1.54, 1.807) is 0 Å². The van der Waals surface area contributed by atoms with Crippen LogP contribution in [0, 0.1) is 6.92 Å². The molecule has 2 heterocycles. The van der Waals surface area contributed by atoms with Gasteiger partial charge in [0.15, 0.2) is 0 Å². The molecule has 4 N–H and O–H groups in total. The number of H-pyrrole nitrogens is 1. The van der Waals surface area contributed by atoms with E-state index in [9.17, 15) is 9.59 Å². The van der Waals surface area contributed by atoms with E-state index in [-0.39, 0.29) is 35.6 Å². The standard InChI is InChI=1S/C14H14N4O2/c1-7-2-4-8(5-3-7)9-6-10(19)16-12-11(9)13(20)18-14(15)17-12/h2-5,9H,6H2,1H3,(H4,15,16,17,18,19,20)/t9-/m1/s1. The van der Waals surface area contributed by atoms with Crippen molar-refractivity contribution in [2.24, 2.45) is 0 Å². The van der Waals surface area contributed by atoms with E-state index in [0.29, 0.717) is 5.56 Å². The predicted molar refractivity (Wildman–Crippen MR) is 75.5 cm³/mol. The molecule has 0 spiro atoms. The van der Waals surface area contributed by atoms with Crippen LogP contribution < -0.4 is 16.6 Å². The van der Waals surface area contributed by atoms with Crippen molar-refractivity contribution in [2.75, 3.05) is 11.1 Å². The maximum absolute atomic E-state index is 12.1. The lowest BCUT2D eigenvalue weighted by molar-refractivity contribution is -0.116. The number of carbonyl (C=O) groups is 1. The summed E-state index contributed by atoms with van der Waals surface area (Å²) in [5, 5.41) is 2.60. The number of rotatable bonds is 1. The number of fused-ring (bicyclic) bond motifs is 1. The van der Waals surface area contributed by atoms with Gasteiger partial charge in [0, 0.05) is 12.3 Å². The van der Waals surface area contributed by atoms with Gasteiger partial charge in [0.1, 0.15) is 5.82 Å². The highest BCUT2D eigenvalue weighted by Gasteiger charge is 2.30. The van der Waals surface area contributed by atoms with Crippen LogP contribution in [0.3, 0.4) is 0 Å². The lowest BCUT2D eigenvalue weighted by Crippen LogP contribution is -2.31. The van der Waals surface area contributed by atoms with E-state index in [2.05, 4.69) is 15.3 Å². The molecular weight excluding hydrogens is 256 g/mol. The first-order chi connectivity index (χ1) is 9.54. The van der Waals surface area contributed by atoms with Gasteiger partial charge in [-0.05, 0) is 12.5 Å². The SMILES string of the molecule is Cc1ccc([C@H]2CC(=O)Nc3nc(N)[nH]c(=O)c32)cc1. The van der Waals surface area contributed by atoms with Crippen molar-refractivity contribution in [3.8, 4) is 0 Å². The third-order valence-electron chi connectivity index (χ3n) is 3.45. The van der Waals surface area contributed by atoms with Crippen molar-refractivity contribution in [1.29, 1.82) is 0 Å². The average molecular weight is 270 g/mol. The molecule has 0 fully saturated rings. The zero-order valence-electron chi connectivity index (χ0n) is 10.9. The number of nitrogen functional groups attached to an aromatic ring is 1. The van der Waals surface area contributed by atoms with Crippen molar-refractivity contribution in [2.45, 2.75) is 19.3 Å². The number of nitrogens with one attached hydrogen (secondary N) is 2. The van der Waals surface area contributed by atoms with Crippen LogP contribution in [0.5, 0.6) is 0 Å². The van der Waals surface area contributed by atoms with Gasteiger partial charge in [-0.15, -0.1) is 0 Å². The molecule has 3 rings (SSSR count). The number of aromatic nitrogens is 2. The van der Waals surface area contributed by atoms with E-state index in [1.165, 1.54) is 0 Å². The summed E-state index contributed by atoms with van der Waals surface area (Å²) in [6.45, 7) is 1.99. The molecule has 1 aromatic carbocycles. The van der Waals surface area contributed by atoms with E-state index in [1.807, 2.05) is 31.2 Å². The second-order valence-electron chi connectivity index (χ2n) is 4.93. The molecule has 1 amide bonds. The Labute approximate surface area is 115 Å². The number of hydrogen-bond donors (Lipinski definition) is 3. The minimum atomic E-state index is -0.307. The quantitative estimate of drug-likeness (QED) is 0.723. The van der Waals surface area contributed by atoms with Gasteiger partial charge in [-0.1, -0.05) is 29.8 Å². The molecule has 1 atom stereocenters. The fourth-order valence-electron chi connectivity index (χ4n) is 2.47.